The van der Waals surface area contributed by atoms with Crippen molar-refractivity contribution in [3.8, 4) is 0 Å². The van der Waals surface area contributed by atoms with Crippen LogP contribution in [-0.2, 0) is 17.8 Å². The van der Waals surface area contributed by atoms with Gasteiger partial charge in [-0.15, -0.1) is 21.5 Å². The summed E-state index contributed by atoms with van der Waals surface area (Å²) in [6, 6.07) is 1.96. The van der Waals surface area contributed by atoms with Crippen LogP contribution in [0, 0.1) is 5.92 Å². The molecule has 4 rings (SSSR count). The fourth-order valence-corrected chi connectivity index (χ4v) is 4.96. The number of nitrogens with zero attached hydrogens (tertiary/aromatic N) is 5. The summed E-state index contributed by atoms with van der Waals surface area (Å²) in [5, 5.41) is 10.6. The van der Waals surface area contributed by atoms with Crippen LogP contribution in [0.15, 0.2) is 16.2 Å². The third-order valence-electron chi connectivity index (χ3n) is 5.53. The summed E-state index contributed by atoms with van der Waals surface area (Å²) >= 11 is 1.46. The van der Waals surface area contributed by atoms with Gasteiger partial charge in [-0.25, -0.2) is 0 Å². The minimum atomic E-state index is 0.00713. The van der Waals surface area contributed by atoms with E-state index < -0.39 is 0 Å². The van der Waals surface area contributed by atoms with E-state index in [9.17, 15) is 9.59 Å². The number of aryl methyl sites for hydroxylation is 2. The molecule has 0 aliphatic carbocycles. The predicted octanol–water partition coefficient (Wildman–Crippen LogP) is 3.10. The molecule has 1 saturated heterocycles. The predicted molar refractivity (Wildman–Crippen MR) is 111 cm³/mol. The molecule has 1 atom stereocenters. The average molecular weight is 402 g/mol. The normalized spacial score (nSPS) is 17.6. The maximum absolute atomic E-state index is 12.7. The van der Waals surface area contributed by atoms with Crippen LogP contribution in [-0.4, -0.2) is 43.1 Å². The first-order chi connectivity index (χ1) is 13.6. The lowest BCUT2D eigenvalue weighted by molar-refractivity contribution is -0.133. The van der Waals surface area contributed by atoms with Crippen LogP contribution in [0.25, 0.3) is 16.0 Å². The zero-order valence-corrected chi connectivity index (χ0v) is 17.4. The fraction of sp³-hybridized carbons (Fsp3) is 0.600. The number of aromatic nitrogens is 4. The SMILES string of the molecule is CCCn1c(=O)c2sccc2n2c(CCCC(=O)N3CCC[C@@H](C)C3)nnc12. The van der Waals surface area contributed by atoms with Gasteiger partial charge < -0.3 is 4.90 Å². The van der Waals surface area contributed by atoms with Crippen molar-refractivity contribution in [3.63, 3.8) is 0 Å². The van der Waals surface area contributed by atoms with E-state index in [4.69, 9.17) is 0 Å². The Hall–Kier alpha value is -2.22. The molecule has 1 fully saturated rings. The Balaban J connectivity index is 1.55. The summed E-state index contributed by atoms with van der Waals surface area (Å²) in [6.45, 7) is 6.65. The molecular weight excluding hydrogens is 374 g/mol. The molecule has 0 spiro atoms. The molecule has 1 amide bonds. The Labute approximate surface area is 168 Å². The maximum Gasteiger partial charge on any atom is 0.272 e. The van der Waals surface area contributed by atoms with Crippen molar-refractivity contribution in [2.75, 3.05) is 13.1 Å². The van der Waals surface area contributed by atoms with E-state index in [0.717, 1.165) is 48.4 Å². The zero-order valence-electron chi connectivity index (χ0n) is 16.6. The number of likely N-dealkylation sites (tertiary alicyclic amines) is 1. The number of carbonyl (C=O) groups excluding carboxylic acids is 1. The fourth-order valence-electron chi connectivity index (χ4n) is 4.14. The second kappa shape index (κ2) is 8.03. The van der Waals surface area contributed by atoms with Crippen LogP contribution in [0.4, 0.5) is 0 Å². The van der Waals surface area contributed by atoms with E-state index in [0.29, 0.717) is 31.1 Å². The second-order valence-electron chi connectivity index (χ2n) is 7.78. The van der Waals surface area contributed by atoms with Crippen LogP contribution in [0.2, 0.25) is 0 Å². The third-order valence-corrected chi connectivity index (χ3v) is 6.42. The zero-order chi connectivity index (χ0) is 19.7. The van der Waals surface area contributed by atoms with Gasteiger partial charge in [-0.1, -0.05) is 13.8 Å². The molecule has 3 aromatic rings. The highest BCUT2D eigenvalue weighted by molar-refractivity contribution is 7.17. The summed E-state index contributed by atoms with van der Waals surface area (Å²) in [6.07, 6.45) is 5.12. The van der Waals surface area contributed by atoms with Gasteiger partial charge in [-0.3, -0.25) is 18.6 Å². The molecule has 150 valence electrons. The topological polar surface area (TPSA) is 72.5 Å². The van der Waals surface area contributed by atoms with E-state index in [1.165, 1.54) is 17.8 Å². The average Bonchev–Trinajstić information content (AvgIpc) is 3.32. The van der Waals surface area contributed by atoms with Crippen molar-refractivity contribution in [1.29, 1.82) is 0 Å². The van der Waals surface area contributed by atoms with Crippen LogP contribution in [0.1, 0.15) is 51.8 Å². The van der Waals surface area contributed by atoms with E-state index in [-0.39, 0.29) is 11.5 Å². The van der Waals surface area contributed by atoms with Crippen molar-refractivity contribution in [2.24, 2.45) is 5.92 Å². The van der Waals surface area contributed by atoms with E-state index in [1.54, 1.807) is 4.57 Å². The monoisotopic (exact) mass is 401 g/mol. The minimum absolute atomic E-state index is 0.00713. The van der Waals surface area contributed by atoms with Crippen molar-refractivity contribution < 1.29 is 4.79 Å². The van der Waals surface area contributed by atoms with Gasteiger partial charge in [0.2, 0.25) is 11.7 Å². The largest absolute Gasteiger partial charge is 0.342 e. The first-order valence-corrected chi connectivity index (χ1v) is 11.1. The lowest BCUT2D eigenvalue weighted by atomic mass is 10.00. The molecule has 28 heavy (non-hydrogen) atoms. The van der Waals surface area contributed by atoms with E-state index in [2.05, 4.69) is 17.1 Å². The van der Waals surface area contributed by atoms with Crippen molar-refractivity contribution >= 4 is 33.2 Å². The van der Waals surface area contributed by atoms with Gasteiger partial charge in [0.15, 0.2) is 0 Å². The summed E-state index contributed by atoms with van der Waals surface area (Å²) in [7, 11) is 0. The standard InChI is InChI=1S/C20H27N5O2S/c1-3-10-24-19(27)18-15(9-12-28-18)25-16(21-22-20(24)25)7-4-8-17(26)23-11-5-6-14(2)13-23/h9,12,14H,3-8,10-11,13H2,1-2H3/t14-/m1/s1. The molecule has 3 aromatic heterocycles. The summed E-state index contributed by atoms with van der Waals surface area (Å²) in [5.74, 6) is 2.26. The highest BCUT2D eigenvalue weighted by Crippen LogP contribution is 2.21. The number of piperidine rings is 1. The van der Waals surface area contributed by atoms with Crippen molar-refractivity contribution in [2.45, 2.75) is 58.9 Å². The molecule has 0 unspecified atom stereocenters. The Kier molecular flexibility index (Phi) is 5.48. The number of hydrogen-bond donors (Lipinski definition) is 0. The number of carbonyl (C=O) groups is 1. The summed E-state index contributed by atoms with van der Waals surface area (Å²) in [4.78, 5) is 27.3. The number of rotatable bonds is 6. The molecule has 7 nitrogen and oxygen atoms in total. The molecule has 0 aromatic carbocycles. The molecule has 0 N–H and O–H groups in total. The third kappa shape index (κ3) is 3.45. The minimum Gasteiger partial charge on any atom is -0.342 e. The highest BCUT2D eigenvalue weighted by Gasteiger charge is 2.21. The number of fused-ring (bicyclic) bond motifs is 3. The smallest absolute Gasteiger partial charge is 0.272 e. The Morgan fingerprint density at radius 2 is 2.21 bits per heavy atom. The summed E-state index contributed by atoms with van der Waals surface area (Å²) < 4.78 is 4.45. The van der Waals surface area contributed by atoms with Gasteiger partial charge in [0.05, 0.1) is 5.52 Å². The lowest BCUT2D eigenvalue weighted by Gasteiger charge is -2.31. The summed E-state index contributed by atoms with van der Waals surface area (Å²) in [5.41, 5.74) is 0.876. The first kappa shape index (κ1) is 19.1. The maximum atomic E-state index is 12.7. The molecule has 0 bridgehead atoms. The van der Waals surface area contributed by atoms with Crippen LogP contribution in [0.3, 0.4) is 0 Å². The van der Waals surface area contributed by atoms with Gasteiger partial charge in [0, 0.05) is 32.5 Å². The lowest BCUT2D eigenvalue weighted by Crippen LogP contribution is -2.39. The van der Waals surface area contributed by atoms with Crippen LogP contribution < -0.4 is 5.56 Å². The molecule has 8 heteroatoms. The first-order valence-electron chi connectivity index (χ1n) is 10.2. The van der Waals surface area contributed by atoms with E-state index >= 15 is 0 Å². The van der Waals surface area contributed by atoms with Gasteiger partial charge in [0.1, 0.15) is 10.5 Å². The Morgan fingerprint density at radius 1 is 1.36 bits per heavy atom. The van der Waals surface area contributed by atoms with Crippen molar-refractivity contribution in [1.82, 2.24) is 24.1 Å². The van der Waals surface area contributed by atoms with Crippen LogP contribution in [0.5, 0.6) is 0 Å². The Morgan fingerprint density at radius 3 is 3.00 bits per heavy atom. The van der Waals surface area contributed by atoms with Gasteiger partial charge in [-0.2, -0.15) is 0 Å². The van der Waals surface area contributed by atoms with Gasteiger partial charge >= 0.3 is 0 Å². The van der Waals surface area contributed by atoms with E-state index in [1.807, 2.05) is 27.7 Å². The molecule has 0 radical (unpaired) electrons. The number of hydrogen-bond acceptors (Lipinski definition) is 5. The number of amides is 1. The van der Waals surface area contributed by atoms with Crippen LogP contribution >= 0.6 is 11.3 Å². The van der Waals surface area contributed by atoms with Gasteiger partial charge in [-0.05, 0) is 43.0 Å². The molecule has 0 saturated carbocycles. The Bertz CT molecular complexity index is 1050. The number of thiophene rings is 1. The molecule has 1 aliphatic heterocycles. The molecular formula is C20H27N5O2S. The quantitative estimate of drug-likeness (QED) is 0.636. The van der Waals surface area contributed by atoms with Crippen molar-refractivity contribution in [3.05, 3.63) is 27.6 Å². The second-order valence-corrected chi connectivity index (χ2v) is 8.70. The van der Waals surface area contributed by atoms with Gasteiger partial charge in [0.25, 0.3) is 5.56 Å². The highest BCUT2D eigenvalue weighted by atomic mass is 32.1. The molecule has 1 aliphatic rings. The molecule has 4 heterocycles.